The van der Waals surface area contributed by atoms with Crippen LogP contribution < -0.4 is 10.6 Å². The number of anilines is 2. The van der Waals surface area contributed by atoms with Gasteiger partial charge >= 0.3 is 0 Å². The number of hydrogen-bond acceptors (Lipinski definition) is 4. The van der Waals surface area contributed by atoms with Crippen LogP contribution in [0.2, 0.25) is 0 Å². The highest BCUT2D eigenvalue weighted by Gasteiger charge is 2.48. The monoisotopic (exact) mass is 413 g/mol. The van der Waals surface area contributed by atoms with Gasteiger partial charge in [0.05, 0.1) is 6.04 Å². The standard InChI is InChI=1S/C26H27N3O2/c30-26(23-14-31-15-27-23)28-18-10-12-22-21(13-18)20-11-9-16-7-4-8-19(16)24(20)25(29-22)17-5-2-1-3-6-17/h1-3,5-6,10,12-16,19-20,24-25,29H,4,7-9,11H2,(H,28,30). The van der Waals surface area contributed by atoms with Crippen LogP contribution in [0.1, 0.15) is 65.7 Å². The van der Waals surface area contributed by atoms with Crippen molar-refractivity contribution in [2.24, 2.45) is 17.8 Å². The normalized spacial score (nSPS) is 28.7. The fourth-order valence-electron chi connectivity index (χ4n) is 6.49. The molecule has 5 unspecified atom stereocenters. The van der Waals surface area contributed by atoms with Crippen molar-refractivity contribution in [3.05, 3.63) is 78.0 Å². The minimum absolute atomic E-state index is 0.240. The topological polar surface area (TPSA) is 67.2 Å². The summed E-state index contributed by atoms with van der Waals surface area (Å²) in [4.78, 5) is 16.4. The number of nitrogens with one attached hydrogen (secondary N) is 2. The average Bonchev–Trinajstić information content (AvgIpc) is 3.51. The molecule has 2 N–H and O–H groups in total. The van der Waals surface area contributed by atoms with E-state index in [1.54, 1.807) is 0 Å². The smallest absolute Gasteiger partial charge is 0.277 e. The lowest BCUT2D eigenvalue weighted by Gasteiger charge is -2.49. The highest BCUT2D eigenvalue weighted by atomic mass is 16.3. The zero-order chi connectivity index (χ0) is 20.8. The van der Waals surface area contributed by atoms with Gasteiger partial charge in [0, 0.05) is 11.4 Å². The Balaban J connectivity index is 1.37. The van der Waals surface area contributed by atoms with Crippen molar-refractivity contribution in [2.45, 2.75) is 44.1 Å². The molecule has 5 atom stereocenters. The molecule has 1 aromatic heterocycles. The van der Waals surface area contributed by atoms with E-state index in [0.717, 1.165) is 17.5 Å². The molecule has 0 saturated heterocycles. The van der Waals surface area contributed by atoms with Gasteiger partial charge in [0.2, 0.25) is 0 Å². The first kappa shape index (κ1) is 18.7. The maximum Gasteiger partial charge on any atom is 0.277 e. The van der Waals surface area contributed by atoms with Crippen LogP contribution in [0.25, 0.3) is 0 Å². The van der Waals surface area contributed by atoms with Crippen molar-refractivity contribution in [1.82, 2.24) is 4.98 Å². The molecule has 2 fully saturated rings. The SMILES string of the molecule is O=C(Nc1ccc2c(c1)C1CCC3CCCC3C1C(c1ccccc1)N2)c1cocn1. The third-order valence-electron chi connectivity index (χ3n) is 7.75. The summed E-state index contributed by atoms with van der Waals surface area (Å²) in [5, 5.41) is 6.88. The molecule has 5 heteroatoms. The number of rotatable bonds is 3. The maximum absolute atomic E-state index is 12.5. The molecule has 2 saturated carbocycles. The lowest BCUT2D eigenvalue weighted by atomic mass is 9.60. The molecule has 2 aromatic carbocycles. The van der Waals surface area contributed by atoms with E-state index in [1.165, 1.54) is 61.6 Å². The number of carbonyl (C=O) groups excluding carboxylic acids is 1. The molecule has 5 nitrogen and oxygen atoms in total. The van der Waals surface area contributed by atoms with Crippen molar-refractivity contribution in [3.63, 3.8) is 0 Å². The van der Waals surface area contributed by atoms with E-state index in [-0.39, 0.29) is 5.91 Å². The van der Waals surface area contributed by atoms with Crippen LogP contribution in [-0.2, 0) is 0 Å². The lowest BCUT2D eigenvalue weighted by molar-refractivity contribution is 0.102. The average molecular weight is 414 g/mol. The largest absolute Gasteiger partial charge is 0.451 e. The van der Waals surface area contributed by atoms with E-state index in [1.807, 2.05) is 6.07 Å². The number of amides is 1. The lowest BCUT2D eigenvalue weighted by Crippen LogP contribution is -2.41. The Morgan fingerprint density at radius 2 is 1.97 bits per heavy atom. The molecule has 1 aliphatic heterocycles. The van der Waals surface area contributed by atoms with Crippen molar-refractivity contribution >= 4 is 17.3 Å². The van der Waals surface area contributed by atoms with Gasteiger partial charge < -0.3 is 15.1 Å². The number of aromatic nitrogens is 1. The van der Waals surface area contributed by atoms with E-state index in [0.29, 0.717) is 23.6 Å². The van der Waals surface area contributed by atoms with Crippen molar-refractivity contribution in [1.29, 1.82) is 0 Å². The number of nitrogens with zero attached hydrogens (tertiary/aromatic N) is 1. The van der Waals surface area contributed by atoms with Crippen molar-refractivity contribution < 1.29 is 9.21 Å². The molecule has 1 amide bonds. The molecular formula is C26H27N3O2. The second-order valence-electron chi connectivity index (χ2n) is 9.28. The molecule has 0 bridgehead atoms. The van der Waals surface area contributed by atoms with E-state index < -0.39 is 0 Å². The van der Waals surface area contributed by atoms with Crippen LogP contribution in [0.3, 0.4) is 0 Å². The van der Waals surface area contributed by atoms with Crippen molar-refractivity contribution in [2.75, 3.05) is 10.6 Å². The molecule has 0 radical (unpaired) electrons. The van der Waals surface area contributed by atoms with Crippen LogP contribution in [-0.4, -0.2) is 10.9 Å². The highest BCUT2D eigenvalue weighted by molar-refractivity contribution is 6.02. The van der Waals surface area contributed by atoms with Gasteiger partial charge in [0.1, 0.15) is 6.26 Å². The first-order valence-electron chi connectivity index (χ1n) is 11.4. The summed E-state index contributed by atoms with van der Waals surface area (Å²) < 4.78 is 4.95. The number of hydrogen-bond donors (Lipinski definition) is 2. The van der Waals surface area contributed by atoms with Gasteiger partial charge in [-0.15, -0.1) is 0 Å². The van der Waals surface area contributed by atoms with E-state index in [4.69, 9.17) is 4.42 Å². The van der Waals surface area contributed by atoms with E-state index >= 15 is 0 Å². The Morgan fingerprint density at radius 3 is 2.81 bits per heavy atom. The minimum atomic E-state index is -0.240. The summed E-state index contributed by atoms with van der Waals surface area (Å²) in [7, 11) is 0. The molecule has 2 aliphatic carbocycles. The predicted molar refractivity (Wildman–Crippen MR) is 120 cm³/mol. The molecule has 3 aromatic rings. The van der Waals surface area contributed by atoms with Gasteiger partial charge in [-0.05, 0) is 72.3 Å². The van der Waals surface area contributed by atoms with E-state index in [9.17, 15) is 4.79 Å². The molecule has 6 rings (SSSR count). The Kier molecular flexibility index (Phi) is 4.55. The van der Waals surface area contributed by atoms with Gasteiger partial charge in [-0.25, -0.2) is 4.98 Å². The number of oxazole rings is 1. The Hall–Kier alpha value is -3.08. The summed E-state index contributed by atoms with van der Waals surface area (Å²) in [5.41, 5.74) is 5.05. The summed E-state index contributed by atoms with van der Waals surface area (Å²) in [6.45, 7) is 0. The van der Waals surface area contributed by atoms with Gasteiger partial charge in [-0.3, -0.25) is 4.79 Å². The fraction of sp³-hybridized carbons (Fsp3) is 0.385. The van der Waals surface area contributed by atoms with Crippen LogP contribution >= 0.6 is 0 Å². The van der Waals surface area contributed by atoms with E-state index in [2.05, 4.69) is 58.1 Å². The second-order valence-corrected chi connectivity index (χ2v) is 9.28. The van der Waals surface area contributed by atoms with Crippen LogP contribution in [0.4, 0.5) is 11.4 Å². The fourth-order valence-corrected chi connectivity index (χ4v) is 6.49. The predicted octanol–water partition coefficient (Wildman–Crippen LogP) is 6.00. The second kappa shape index (κ2) is 7.56. The minimum Gasteiger partial charge on any atom is -0.451 e. The Bertz CT molecular complexity index is 1080. The molecule has 0 spiro atoms. The molecule has 31 heavy (non-hydrogen) atoms. The molecule has 158 valence electrons. The molecule has 2 heterocycles. The summed E-state index contributed by atoms with van der Waals surface area (Å²) >= 11 is 0. The quantitative estimate of drug-likeness (QED) is 0.552. The third-order valence-corrected chi connectivity index (χ3v) is 7.75. The number of benzene rings is 2. The number of carbonyl (C=O) groups is 1. The summed E-state index contributed by atoms with van der Waals surface area (Å²) in [6.07, 6.45) is 9.29. The van der Waals surface area contributed by atoms with Crippen molar-refractivity contribution in [3.8, 4) is 0 Å². The number of fused-ring (bicyclic) bond motifs is 5. The summed E-state index contributed by atoms with van der Waals surface area (Å²) in [6, 6.07) is 17.6. The zero-order valence-electron chi connectivity index (χ0n) is 17.5. The van der Waals surface area contributed by atoms with Crippen LogP contribution in [0, 0.1) is 17.8 Å². The van der Waals surface area contributed by atoms with Gasteiger partial charge in [0.25, 0.3) is 5.91 Å². The van der Waals surface area contributed by atoms with Gasteiger partial charge in [-0.1, -0.05) is 43.2 Å². The molecule has 3 aliphatic rings. The Labute approximate surface area is 182 Å². The molecular weight excluding hydrogens is 386 g/mol. The maximum atomic E-state index is 12.5. The van der Waals surface area contributed by atoms with Gasteiger partial charge in [-0.2, -0.15) is 0 Å². The van der Waals surface area contributed by atoms with Crippen LogP contribution in [0.5, 0.6) is 0 Å². The van der Waals surface area contributed by atoms with Crippen LogP contribution in [0.15, 0.2) is 65.6 Å². The van der Waals surface area contributed by atoms with Gasteiger partial charge in [0.15, 0.2) is 12.1 Å². The Morgan fingerprint density at radius 1 is 1.06 bits per heavy atom. The zero-order valence-corrected chi connectivity index (χ0v) is 17.5. The summed E-state index contributed by atoms with van der Waals surface area (Å²) in [5.74, 6) is 2.52. The highest BCUT2D eigenvalue weighted by Crippen LogP contribution is 2.59. The first-order valence-corrected chi connectivity index (χ1v) is 11.4. The first-order chi connectivity index (χ1) is 15.3. The third kappa shape index (κ3) is 3.23.